The zero-order chi connectivity index (χ0) is 21.4. The van der Waals surface area contributed by atoms with Crippen LogP contribution in [0, 0.1) is 0 Å². The van der Waals surface area contributed by atoms with E-state index in [1.54, 1.807) is 13.1 Å². The van der Waals surface area contributed by atoms with Crippen LogP contribution in [0.1, 0.15) is 5.56 Å². The Labute approximate surface area is 185 Å². The highest BCUT2D eigenvalue weighted by Crippen LogP contribution is 2.27. The molecule has 2 unspecified atom stereocenters. The number of nitrogens with one attached hydrogen (secondary N) is 1. The minimum atomic E-state index is -0.532. The van der Waals surface area contributed by atoms with Crippen LogP contribution in [0.3, 0.4) is 0 Å². The zero-order valence-electron chi connectivity index (χ0n) is 16.7. The van der Waals surface area contributed by atoms with Gasteiger partial charge in [-0.3, -0.25) is 15.0 Å². The van der Waals surface area contributed by atoms with E-state index >= 15 is 0 Å². The van der Waals surface area contributed by atoms with Crippen LogP contribution in [0.4, 0.5) is 4.79 Å². The fourth-order valence-electron chi connectivity index (χ4n) is 4.11. The number of amides is 3. The standard InChI is InChI=1S/C20H24Cl2N6O2/c1-3-6-28-16-17(25(2)20(30)24-18(16)29)23-19(28)27-9-7-26(8-10-27)12-13-4-5-14(21)15(22)11-13/h3-5,11,16-17H,1,6-10,12H2,2H3,(H,24,29,30). The summed E-state index contributed by atoms with van der Waals surface area (Å²) in [7, 11) is 1.66. The van der Waals surface area contributed by atoms with Gasteiger partial charge in [0.15, 0.2) is 18.2 Å². The summed E-state index contributed by atoms with van der Waals surface area (Å²) in [6.45, 7) is 8.32. The van der Waals surface area contributed by atoms with Crippen LogP contribution in [-0.4, -0.2) is 89.5 Å². The van der Waals surface area contributed by atoms with Crippen molar-refractivity contribution in [3.05, 3.63) is 46.5 Å². The van der Waals surface area contributed by atoms with Gasteiger partial charge in [-0.25, -0.2) is 9.79 Å². The van der Waals surface area contributed by atoms with Crippen molar-refractivity contribution in [1.82, 2.24) is 24.9 Å². The zero-order valence-corrected chi connectivity index (χ0v) is 18.2. The molecule has 2 fully saturated rings. The molecule has 1 aromatic carbocycles. The first-order valence-corrected chi connectivity index (χ1v) is 10.6. The Kier molecular flexibility index (Phi) is 5.90. The van der Waals surface area contributed by atoms with E-state index in [1.807, 2.05) is 23.1 Å². The van der Waals surface area contributed by atoms with Gasteiger partial charge in [0.2, 0.25) is 0 Å². The SMILES string of the molecule is C=CCN1C(N2CCN(Cc3ccc(Cl)c(Cl)c3)CC2)=NC2C1C(=O)NC(=O)N2C. The highest BCUT2D eigenvalue weighted by molar-refractivity contribution is 6.42. The number of likely N-dealkylation sites (N-methyl/N-ethyl adjacent to an activating group) is 1. The first kappa shape index (κ1) is 21.0. The molecule has 3 heterocycles. The van der Waals surface area contributed by atoms with E-state index < -0.39 is 18.2 Å². The Morgan fingerprint density at radius 2 is 1.93 bits per heavy atom. The molecule has 160 valence electrons. The maximum absolute atomic E-state index is 12.5. The second-order valence-electron chi connectivity index (χ2n) is 7.65. The van der Waals surface area contributed by atoms with E-state index in [4.69, 9.17) is 28.2 Å². The normalized spacial score (nSPS) is 24.6. The lowest BCUT2D eigenvalue weighted by molar-refractivity contribution is -0.127. The van der Waals surface area contributed by atoms with E-state index in [0.29, 0.717) is 16.6 Å². The summed E-state index contributed by atoms with van der Waals surface area (Å²) in [5, 5.41) is 3.53. The van der Waals surface area contributed by atoms with Crippen molar-refractivity contribution < 1.29 is 9.59 Å². The number of urea groups is 1. The molecule has 3 aliphatic heterocycles. The monoisotopic (exact) mass is 450 g/mol. The molecule has 0 aliphatic carbocycles. The number of carbonyl (C=O) groups excluding carboxylic acids is 2. The minimum Gasteiger partial charge on any atom is -0.340 e. The third kappa shape index (κ3) is 3.87. The summed E-state index contributed by atoms with van der Waals surface area (Å²) in [5.41, 5.74) is 1.12. The molecule has 1 N–H and O–H groups in total. The van der Waals surface area contributed by atoms with Gasteiger partial charge in [0.1, 0.15) is 0 Å². The van der Waals surface area contributed by atoms with Crippen LogP contribution in [0.15, 0.2) is 35.8 Å². The van der Waals surface area contributed by atoms with Crippen LogP contribution >= 0.6 is 23.2 Å². The lowest BCUT2D eigenvalue weighted by atomic mass is 10.1. The van der Waals surface area contributed by atoms with E-state index in [-0.39, 0.29) is 5.91 Å². The van der Waals surface area contributed by atoms with Crippen molar-refractivity contribution >= 4 is 41.1 Å². The molecule has 1 aromatic rings. The number of guanidine groups is 1. The fraction of sp³-hybridized carbons (Fsp3) is 0.450. The molecule has 4 rings (SSSR count). The van der Waals surface area contributed by atoms with Crippen LogP contribution in [0.25, 0.3) is 0 Å². The number of aliphatic imine (C=N–C) groups is 1. The number of hydrogen-bond acceptors (Lipinski definition) is 6. The van der Waals surface area contributed by atoms with Gasteiger partial charge in [0, 0.05) is 46.3 Å². The molecule has 0 bridgehead atoms. The number of nitrogens with zero attached hydrogens (tertiary/aromatic N) is 5. The van der Waals surface area contributed by atoms with E-state index in [2.05, 4.69) is 21.7 Å². The van der Waals surface area contributed by atoms with Crippen molar-refractivity contribution in [2.75, 3.05) is 39.8 Å². The molecule has 2 saturated heterocycles. The second kappa shape index (κ2) is 8.45. The maximum atomic E-state index is 12.5. The second-order valence-corrected chi connectivity index (χ2v) is 8.46. The van der Waals surface area contributed by atoms with Crippen molar-refractivity contribution in [2.45, 2.75) is 18.8 Å². The first-order valence-electron chi connectivity index (χ1n) is 9.83. The number of fused-ring (bicyclic) bond motifs is 1. The number of hydrogen-bond donors (Lipinski definition) is 1. The molecule has 0 spiro atoms. The number of benzene rings is 1. The molecule has 0 saturated carbocycles. The predicted molar refractivity (Wildman–Crippen MR) is 117 cm³/mol. The van der Waals surface area contributed by atoms with E-state index in [0.717, 1.165) is 44.2 Å². The van der Waals surface area contributed by atoms with Crippen molar-refractivity contribution in [3.63, 3.8) is 0 Å². The number of piperazine rings is 1. The van der Waals surface area contributed by atoms with Crippen molar-refractivity contribution in [1.29, 1.82) is 0 Å². The van der Waals surface area contributed by atoms with Gasteiger partial charge in [-0.15, -0.1) is 6.58 Å². The molecule has 2 atom stereocenters. The largest absolute Gasteiger partial charge is 0.340 e. The predicted octanol–water partition coefficient (Wildman–Crippen LogP) is 1.84. The fourth-order valence-corrected chi connectivity index (χ4v) is 4.43. The number of imide groups is 1. The Balaban J connectivity index is 1.45. The summed E-state index contributed by atoms with van der Waals surface area (Å²) in [4.78, 5) is 37.2. The Hall–Kier alpha value is -2.29. The van der Waals surface area contributed by atoms with E-state index in [1.165, 1.54) is 4.90 Å². The molecular weight excluding hydrogens is 427 g/mol. The molecule has 8 nitrogen and oxygen atoms in total. The number of rotatable bonds is 4. The molecule has 0 radical (unpaired) electrons. The Bertz CT molecular complexity index is 899. The quantitative estimate of drug-likeness (QED) is 0.708. The number of carbonyl (C=O) groups is 2. The lowest BCUT2D eigenvalue weighted by Gasteiger charge is -2.40. The molecule has 10 heteroatoms. The average Bonchev–Trinajstić information content (AvgIpc) is 3.10. The smallest absolute Gasteiger partial charge is 0.325 e. The molecule has 3 aliphatic rings. The van der Waals surface area contributed by atoms with Gasteiger partial charge in [-0.1, -0.05) is 35.3 Å². The van der Waals surface area contributed by atoms with Crippen molar-refractivity contribution in [2.24, 2.45) is 4.99 Å². The number of halogens is 2. The topological polar surface area (TPSA) is 71.5 Å². The highest BCUT2D eigenvalue weighted by atomic mass is 35.5. The molecule has 3 amide bonds. The van der Waals surface area contributed by atoms with Crippen LogP contribution in [-0.2, 0) is 11.3 Å². The third-order valence-corrected chi connectivity index (χ3v) is 6.45. The first-order chi connectivity index (χ1) is 14.4. The summed E-state index contributed by atoms with van der Waals surface area (Å²) in [6.07, 6.45) is 1.23. The van der Waals surface area contributed by atoms with Gasteiger partial charge >= 0.3 is 6.03 Å². The summed E-state index contributed by atoms with van der Waals surface area (Å²) >= 11 is 12.1. The van der Waals surface area contributed by atoms with Crippen molar-refractivity contribution in [3.8, 4) is 0 Å². The maximum Gasteiger partial charge on any atom is 0.325 e. The lowest BCUT2D eigenvalue weighted by Crippen LogP contribution is -2.64. The summed E-state index contributed by atoms with van der Waals surface area (Å²) < 4.78 is 0. The van der Waals surface area contributed by atoms with E-state index in [9.17, 15) is 9.59 Å². The summed E-state index contributed by atoms with van der Waals surface area (Å²) in [5.74, 6) is 0.428. The van der Waals surface area contributed by atoms with Gasteiger partial charge in [-0.2, -0.15) is 0 Å². The Morgan fingerprint density at radius 3 is 2.60 bits per heavy atom. The van der Waals surface area contributed by atoms with Gasteiger partial charge < -0.3 is 14.7 Å². The van der Waals surface area contributed by atoms with Gasteiger partial charge in [-0.05, 0) is 17.7 Å². The van der Waals surface area contributed by atoms with Crippen LogP contribution in [0.2, 0.25) is 10.0 Å². The molecular formula is C20H24Cl2N6O2. The molecule has 30 heavy (non-hydrogen) atoms. The average molecular weight is 451 g/mol. The minimum absolute atomic E-state index is 0.318. The summed E-state index contributed by atoms with van der Waals surface area (Å²) in [6, 6.07) is 4.76. The highest BCUT2D eigenvalue weighted by Gasteiger charge is 2.49. The van der Waals surface area contributed by atoms with Gasteiger partial charge in [0.05, 0.1) is 10.0 Å². The van der Waals surface area contributed by atoms with Crippen LogP contribution in [0.5, 0.6) is 0 Å². The van der Waals surface area contributed by atoms with Gasteiger partial charge in [0.25, 0.3) is 5.91 Å². The third-order valence-electron chi connectivity index (χ3n) is 5.71. The Morgan fingerprint density at radius 1 is 1.20 bits per heavy atom. The van der Waals surface area contributed by atoms with Crippen LogP contribution < -0.4 is 5.32 Å². The molecule has 0 aromatic heterocycles.